The summed E-state index contributed by atoms with van der Waals surface area (Å²) in [6.45, 7) is 2.36. The lowest BCUT2D eigenvalue weighted by atomic mass is 10.1. The Labute approximate surface area is 146 Å². The van der Waals surface area contributed by atoms with Crippen molar-refractivity contribution in [1.82, 2.24) is 9.88 Å². The van der Waals surface area contributed by atoms with Crippen molar-refractivity contribution in [3.05, 3.63) is 59.5 Å². The fourth-order valence-electron chi connectivity index (χ4n) is 3.03. The van der Waals surface area contributed by atoms with E-state index >= 15 is 0 Å². The van der Waals surface area contributed by atoms with Crippen LogP contribution in [0.1, 0.15) is 24.0 Å². The molecule has 3 rings (SSSR count). The number of hydrogen-bond donors (Lipinski definition) is 0. The number of nitrogens with zero attached hydrogens (tertiary/aromatic N) is 3. The summed E-state index contributed by atoms with van der Waals surface area (Å²) < 4.78 is 13.9. The average molecular weight is 341 g/mol. The van der Waals surface area contributed by atoms with Crippen LogP contribution in [0, 0.1) is 12.7 Å². The molecular weight excluding hydrogens is 321 g/mol. The molecule has 1 aromatic carbocycles. The molecule has 1 saturated heterocycles. The molecule has 1 aliphatic rings. The highest BCUT2D eigenvalue weighted by molar-refractivity contribution is 5.99. The molecule has 1 atom stereocenters. The molecule has 0 bridgehead atoms. The minimum Gasteiger partial charge on any atom is -0.326 e. The Morgan fingerprint density at radius 3 is 2.72 bits per heavy atom. The second-order valence-electron chi connectivity index (χ2n) is 6.27. The summed E-state index contributed by atoms with van der Waals surface area (Å²) in [5.74, 6) is -0.973. The van der Waals surface area contributed by atoms with Crippen molar-refractivity contribution >= 4 is 17.6 Å². The van der Waals surface area contributed by atoms with Gasteiger partial charge in [-0.25, -0.2) is 9.37 Å². The largest absolute Gasteiger partial charge is 0.326 e. The lowest BCUT2D eigenvalue weighted by Gasteiger charge is -2.28. The first kappa shape index (κ1) is 17.1. The van der Waals surface area contributed by atoms with Gasteiger partial charge in [0.2, 0.25) is 5.91 Å². The Morgan fingerprint density at radius 2 is 2.04 bits per heavy atom. The highest BCUT2D eigenvalue weighted by Gasteiger charge is 2.38. The van der Waals surface area contributed by atoms with Gasteiger partial charge in [0.1, 0.15) is 6.04 Å². The van der Waals surface area contributed by atoms with E-state index < -0.39 is 11.9 Å². The van der Waals surface area contributed by atoms with E-state index in [1.165, 1.54) is 30.3 Å². The summed E-state index contributed by atoms with van der Waals surface area (Å²) in [6.07, 6.45) is 2.19. The lowest BCUT2D eigenvalue weighted by molar-refractivity contribution is -0.134. The van der Waals surface area contributed by atoms with Crippen LogP contribution in [0.25, 0.3) is 0 Å². The number of carbonyl (C=O) groups excluding carboxylic acids is 2. The average Bonchev–Trinajstić information content (AvgIpc) is 2.97. The summed E-state index contributed by atoms with van der Waals surface area (Å²) in [6, 6.07) is 9.98. The molecule has 1 fully saturated rings. The second-order valence-corrected chi connectivity index (χ2v) is 6.27. The molecule has 5 nitrogen and oxygen atoms in total. The molecule has 0 saturated carbocycles. The summed E-state index contributed by atoms with van der Waals surface area (Å²) in [4.78, 5) is 31.8. The van der Waals surface area contributed by atoms with Crippen molar-refractivity contribution in [3.8, 4) is 0 Å². The molecule has 1 aliphatic heterocycles. The zero-order valence-corrected chi connectivity index (χ0v) is 14.3. The summed E-state index contributed by atoms with van der Waals surface area (Å²) in [7, 11) is 1.49. The van der Waals surface area contributed by atoms with Gasteiger partial charge in [-0.3, -0.25) is 14.5 Å². The first-order chi connectivity index (χ1) is 12.0. The van der Waals surface area contributed by atoms with E-state index in [1.807, 2.05) is 31.2 Å². The monoisotopic (exact) mass is 341 g/mol. The van der Waals surface area contributed by atoms with E-state index in [1.54, 1.807) is 4.90 Å². The molecule has 0 N–H and O–H groups in total. The highest BCUT2D eigenvalue weighted by Crippen LogP contribution is 2.25. The van der Waals surface area contributed by atoms with Crippen molar-refractivity contribution in [1.29, 1.82) is 0 Å². The fourth-order valence-corrected chi connectivity index (χ4v) is 3.03. The van der Waals surface area contributed by atoms with Gasteiger partial charge in [-0.05, 0) is 31.0 Å². The van der Waals surface area contributed by atoms with Crippen LogP contribution in [0.5, 0.6) is 0 Å². The summed E-state index contributed by atoms with van der Waals surface area (Å²) in [5.41, 5.74) is 2.10. The number of aryl methyl sites for hydroxylation is 1. The SMILES string of the molecule is Cc1ccc(CN2C(=O)CC[C@@H]2C(=O)N(C)c2ncccc2F)cc1. The van der Waals surface area contributed by atoms with Crippen LogP contribution in [-0.4, -0.2) is 34.8 Å². The molecule has 6 heteroatoms. The molecule has 0 aliphatic carbocycles. The van der Waals surface area contributed by atoms with Crippen LogP contribution in [0.15, 0.2) is 42.6 Å². The van der Waals surface area contributed by atoms with Crippen molar-refractivity contribution < 1.29 is 14.0 Å². The summed E-state index contributed by atoms with van der Waals surface area (Å²) in [5, 5.41) is 0. The first-order valence-corrected chi connectivity index (χ1v) is 8.20. The molecule has 0 spiro atoms. The maximum absolute atomic E-state index is 13.9. The Morgan fingerprint density at radius 1 is 1.32 bits per heavy atom. The van der Waals surface area contributed by atoms with E-state index in [2.05, 4.69) is 4.98 Å². The number of anilines is 1. The van der Waals surface area contributed by atoms with E-state index in [0.717, 1.165) is 11.1 Å². The Kier molecular flexibility index (Phi) is 4.79. The maximum Gasteiger partial charge on any atom is 0.250 e. The van der Waals surface area contributed by atoms with E-state index in [0.29, 0.717) is 19.4 Å². The van der Waals surface area contributed by atoms with Gasteiger partial charge in [0, 0.05) is 26.2 Å². The van der Waals surface area contributed by atoms with Crippen molar-refractivity contribution in [2.75, 3.05) is 11.9 Å². The number of rotatable bonds is 4. The Balaban J connectivity index is 1.79. The maximum atomic E-state index is 13.9. The normalized spacial score (nSPS) is 17.0. The van der Waals surface area contributed by atoms with Crippen LogP contribution >= 0.6 is 0 Å². The van der Waals surface area contributed by atoms with Crippen molar-refractivity contribution in [3.63, 3.8) is 0 Å². The molecule has 0 radical (unpaired) electrons. The zero-order valence-electron chi connectivity index (χ0n) is 14.3. The number of benzene rings is 1. The smallest absolute Gasteiger partial charge is 0.250 e. The van der Waals surface area contributed by atoms with Gasteiger partial charge in [-0.2, -0.15) is 0 Å². The molecule has 0 unspecified atom stereocenters. The number of carbonyl (C=O) groups is 2. The molecule has 2 amide bonds. The number of pyridine rings is 1. The number of halogens is 1. The van der Waals surface area contributed by atoms with Crippen LogP contribution in [0.3, 0.4) is 0 Å². The van der Waals surface area contributed by atoms with Gasteiger partial charge in [-0.15, -0.1) is 0 Å². The van der Waals surface area contributed by atoms with Crippen LogP contribution in [-0.2, 0) is 16.1 Å². The first-order valence-electron chi connectivity index (χ1n) is 8.20. The van der Waals surface area contributed by atoms with Crippen LogP contribution < -0.4 is 4.90 Å². The molecular formula is C19H20FN3O2. The van der Waals surface area contributed by atoms with Gasteiger partial charge in [0.15, 0.2) is 11.6 Å². The van der Waals surface area contributed by atoms with E-state index in [4.69, 9.17) is 0 Å². The third-order valence-corrected chi connectivity index (χ3v) is 4.47. The van der Waals surface area contributed by atoms with Crippen LogP contribution in [0.4, 0.5) is 10.2 Å². The number of likely N-dealkylation sites (N-methyl/N-ethyl adjacent to an activating group) is 1. The number of hydrogen-bond acceptors (Lipinski definition) is 3. The number of likely N-dealkylation sites (tertiary alicyclic amines) is 1. The molecule has 2 heterocycles. The summed E-state index contributed by atoms with van der Waals surface area (Å²) >= 11 is 0. The third-order valence-electron chi connectivity index (χ3n) is 4.47. The Hall–Kier alpha value is -2.76. The van der Waals surface area contributed by atoms with Gasteiger partial charge in [0.25, 0.3) is 5.91 Å². The van der Waals surface area contributed by atoms with Crippen molar-refractivity contribution in [2.45, 2.75) is 32.4 Å². The lowest BCUT2D eigenvalue weighted by Crippen LogP contribution is -2.45. The minimum atomic E-state index is -0.597. The predicted octanol–water partition coefficient (Wildman–Crippen LogP) is 2.68. The van der Waals surface area contributed by atoms with Gasteiger partial charge < -0.3 is 4.90 Å². The number of aromatic nitrogens is 1. The fraction of sp³-hybridized carbons (Fsp3) is 0.316. The van der Waals surface area contributed by atoms with Gasteiger partial charge >= 0.3 is 0 Å². The van der Waals surface area contributed by atoms with Gasteiger partial charge in [0.05, 0.1) is 0 Å². The number of amides is 2. The van der Waals surface area contributed by atoms with Crippen LogP contribution in [0.2, 0.25) is 0 Å². The van der Waals surface area contributed by atoms with E-state index in [9.17, 15) is 14.0 Å². The topological polar surface area (TPSA) is 53.5 Å². The minimum absolute atomic E-state index is 0.0258. The molecule has 25 heavy (non-hydrogen) atoms. The van der Waals surface area contributed by atoms with Crippen molar-refractivity contribution in [2.24, 2.45) is 0 Å². The predicted molar refractivity (Wildman–Crippen MR) is 92.4 cm³/mol. The second kappa shape index (κ2) is 7.01. The third kappa shape index (κ3) is 3.52. The standard InChI is InChI=1S/C19H20FN3O2/c1-13-5-7-14(8-6-13)12-23-16(9-10-17(23)24)19(25)22(2)18-15(20)4-3-11-21-18/h3-8,11,16H,9-10,12H2,1-2H3/t16-/m1/s1. The Bertz CT molecular complexity index is 792. The highest BCUT2D eigenvalue weighted by atomic mass is 19.1. The van der Waals surface area contributed by atoms with Gasteiger partial charge in [-0.1, -0.05) is 29.8 Å². The molecule has 1 aromatic heterocycles. The molecule has 130 valence electrons. The van der Waals surface area contributed by atoms with E-state index in [-0.39, 0.29) is 17.6 Å². The quantitative estimate of drug-likeness (QED) is 0.859. The molecule has 2 aromatic rings. The zero-order chi connectivity index (χ0) is 18.0.